The molecule has 0 unspecified atom stereocenters. The third-order valence-electron chi connectivity index (χ3n) is 2.44. The van der Waals surface area contributed by atoms with E-state index >= 15 is 0 Å². The summed E-state index contributed by atoms with van der Waals surface area (Å²) in [5.41, 5.74) is 1.47. The molecular formula is C17H15FO5. The van der Waals surface area contributed by atoms with Gasteiger partial charge in [0.2, 0.25) is 0 Å². The number of carbonyl (C=O) groups is 3. The molecular weight excluding hydrogens is 303 g/mol. The van der Waals surface area contributed by atoms with Crippen LogP contribution in [0.25, 0.3) is 0 Å². The molecule has 23 heavy (non-hydrogen) atoms. The number of hydrogen-bond acceptors (Lipinski definition) is 3. The van der Waals surface area contributed by atoms with E-state index in [1.54, 1.807) is 0 Å². The number of rotatable bonds is 4. The second-order valence-corrected chi connectivity index (χ2v) is 4.07. The van der Waals surface area contributed by atoms with E-state index in [-0.39, 0.29) is 10.5 Å². The maximum absolute atomic E-state index is 11.8. The van der Waals surface area contributed by atoms with Crippen molar-refractivity contribution >= 4 is 17.7 Å². The van der Waals surface area contributed by atoms with E-state index < -0.39 is 11.9 Å². The molecule has 2 rings (SSSR count). The summed E-state index contributed by atoms with van der Waals surface area (Å²) in [6.45, 7) is 0. The van der Waals surface area contributed by atoms with Gasteiger partial charge in [0.25, 0.3) is 0 Å². The lowest BCUT2D eigenvalue weighted by molar-refractivity contribution is -0.134. The van der Waals surface area contributed by atoms with Crippen LogP contribution < -0.4 is 0 Å². The highest BCUT2D eigenvalue weighted by Crippen LogP contribution is 2.08. The first kappa shape index (κ1) is 19.7. The summed E-state index contributed by atoms with van der Waals surface area (Å²) in [5, 5.41) is 15.6. The average molecular weight is 318 g/mol. The van der Waals surface area contributed by atoms with Crippen molar-refractivity contribution in [3.8, 4) is 0 Å². The number of carboxylic acids is 2. The molecule has 0 fully saturated rings. The predicted molar refractivity (Wildman–Crippen MR) is 83.2 cm³/mol. The Balaban J connectivity index is 0.000000469. The summed E-state index contributed by atoms with van der Waals surface area (Å²) in [7, 11) is 0. The monoisotopic (exact) mass is 318 g/mol. The minimum atomic E-state index is -1.26. The van der Waals surface area contributed by atoms with Crippen LogP contribution in [-0.4, -0.2) is 27.9 Å². The maximum atomic E-state index is 11.8. The fourth-order valence-corrected chi connectivity index (χ4v) is 1.49. The van der Waals surface area contributed by atoms with Gasteiger partial charge in [-0.15, -0.1) is 0 Å². The summed E-state index contributed by atoms with van der Waals surface area (Å²) in [6, 6.07) is 18.6. The number of hydrogen-bond donors (Lipinski definition) is 2. The van der Waals surface area contributed by atoms with Gasteiger partial charge in [-0.3, -0.25) is 9.50 Å². The maximum Gasteiger partial charge on any atom is 0.328 e. The van der Waals surface area contributed by atoms with Crippen molar-refractivity contribution in [3.05, 3.63) is 83.9 Å². The molecule has 0 atom stereocenters. The highest BCUT2D eigenvalue weighted by atomic mass is 19.0. The molecule has 0 spiro atoms. The van der Waals surface area contributed by atoms with Crippen molar-refractivity contribution in [2.45, 2.75) is 0 Å². The Hall–Kier alpha value is -3.28. The second-order valence-electron chi connectivity index (χ2n) is 4.07. The van der Waals surface area contributed by atoms with E-state index in [4.69, 9.17) is 10.2 Å². The van der Waals surface area contributed by atoms with Gasteiger partial charge in [0, 0.05) is 23.3 Å². The number of benzene rings is 2. The van der Waals surface area contributed by atoms with Gasteiger partial charge in [-0.05, 0) is 0 Å². The predicted octanol–water partition coefficient (Wildman–Crippen LogP) is 2.78. The molecule has 0 aliphatic rings. The van der Waals surface area contributed by atoms with Crippen LogP contribution in [0.4, 0.5) is 4.70 Å². The quantitative estimate of drug-likeness (QED) is 0.668. The number of ketones is 1. The van der Waals surface area contributed by atoms with Crippen LogP contribution in [0, 0.1) is 0 Å². The van der Waals surface area contributed by atoms with Crippen molar-refractivity contribution in [2.75, 3.05) is 0 Å². The zero-order valence-electron chi connectivity index (χ0n) is 12.0. The van der Waals surface area contributed by atoms with E-state index in [1.165, 1.54) is 0 Å². The Morgan fingerprint density at radius 1 is 0.652 bits per heavy atom. The smallest absolute Gasteiger partial charge is 0.328 e. The van der Waals surface area contributed by atoms with E-state index in [0.29, 0.717) is 12.2 Å². The Kier molecular flexibility index (Phi) is 8.96. The topological polar surface area (TPSA) is 91.7 Å². The van der Waals surface area contributed by atoms with Crippen LogP contribution >= 0.6 is 0 Å². The second kappa shape index (κ2) is 10.4. The van der Waals surface area contributed by atoms with Crippen LogP contribution in [-0.2, 0) is 9.59 Å². The van der Waals surface area contributed by atoms with Crippen molar-refractivity contribution in [1.29, 1.82) is 0 Å². The summed E-state index contributed by atoms with van der Waals surface area (Å²) in [6.07, 6.45) is 1.12. The van der Waals surface area contributed by atoms with Crippen molar-refractivity contribution < 1.29 is 29.3 Å². The molecule has 0 aromatic heterocycles. The Morgan fingerprint density at radius 3 is 1.22 bits per heavy atom. The molecule has 0 heterocycles. The molecule has 120 valence electrons. The van der Waals surface area contributed by atoms with E-state index in [2.05, 4.69) is 0 Å². The molecule has 0 amide bonds. The van der Waals surface area contributed by atoms with Gasteiger partial charge in [0.15, 0.2) is 5.78 Å². The summed E-state index contributed by atoms with van der Waals surface area (Å²) in [5.74, 6) is -2.44. The van der Waals surface area contributed by atoms with Gasteiger partial charge in [-0.2, -0.15) is 0 Å². The normalized spacial score (nSPS) is 9.22. The summed E-state index contributed by atoms with van der Waals surface area (Å²) in [4.78, 5) is 31.0. The first-order valence-electron chi connectivity index (χ1n) is 6.29. The number of carboxylic acid groups (broad SMARTS) is 2. The van der Waals surface area contributed by atoms with Crippen LogP contribution in [0.1, 0.15) is 15.9 Å². The zero-order chi connectivity index (χ0) is 16.4. The summed E-state index contributed by atoms with van der Waals surface area (Å²) < 4.78 is 0. The molecule has 6 heteroatoms. The van der Waals surface area contributed by atoms with Crippen molar-refractivity contribution in [1.82, 2.24) is 0 Å². The first-order valence-corrected chi connectivity index (χ1v) is 6.29. The number of aliphatic carboxylic acids is 2. The first-order chi connectivity index (χ1) is 10.5. The minimum absolute atomic E-state index is 0. The molecule has 2 N–H and O–H groups in total. The molecule has 0 saturated heterocycles. The van der Waals surface area contributed by atoms with Gasteiger partial charge in [-0.25, -0.2) is 9.59 Å². The van der Waals surface area contributed by atoms with E-state index in [9.17, 15) is 14.4 Å². The molecule has 0 bridgehead atoms. The van der Waals surface area contributed by atoms with E-state index in [0.717, 1.165) is 11.1 Å². The van der Waals surface area contributed by atoms with Crippen molar-refractivity contribution in [2.24, 2.45) is 0 Å². The Morgan fingerprint density at radius 2 is 0.957 bits per heavy atom. The standard InChI is InChI=1S/C13H10O.C4H4O4.FH/c14-13(11-7-3-1-4-8-11)12-9-5-2-6-10-12;5-3(6)1-2-4(7)8;/h1-10H;1-2H,(H,5,6)(H,7,8);1H/b;2-1+;. The highest BCUT2D eigenvalue weighted by Gasteiger charge is 2.06. The number of carbonyl (C=O) groups excluding carboxylic acids is 1. The lowest BCUT2D eigenvalue weighted by atomic mass is 10.0. The molecule has 2 aromatic carbocycles. The van der Waals surface area contributed by atoms with Gasteiger partial charge in [-0.1, -0.05) is 60.7 Å². The zero-order valence-corrected chi connectivity index (χ0v) is 12.0. The van der Waals surface area contributed by atoms with Crippen LogP contribution in [0.3, 0.4) is 0 Å². The lowest BCUT2D eigenvalue weighted by Gasteiger charge is -1.99. The van der Waals surface area contributed by atoms with Gasteiger partial charge < -0.3 is 10.2 Å². The van der Waals surface area contributed by atoms with Crippen LogP contribution in [0.5, 0.6) is 0 Å². The molecule has 5 nitrogen and oxygen atoms in total. The Labute approximate surface area is 131 Å². The van der Waals surface area contributed by atoms with Crippen LogP contribution in [0.2, 0.25) is 0 Å². The van der Waals surface area contributed by atoms with Gasteiger partial charge in [0.1, 0.15) is 0 Å². The van der Waals surface area contributed by atoms with Crippen LogP contribution in [0.15, 0.2) is 72.8 Å². The van der Waals surface area contributed by atoms with Gasteiger partial charge >= 0.3 is 11.9 Å². The summed E-state index contributed by atoms with van der Waals surface area (Å²) >= 11 is 0. The SMILES string of the molecule is F.O=C(O)/C=C/C(=O)O.O=C(c1ccccc1)c1ccccc1. The third-order valence-corrected chi connectivity index (χ3v) is 2.44. The lowest BCUT2D eigenvalue weighted by Crippen LogP contribution is -1.99. The van der Waals surface area contributed by atoms with Crippen molar-refractivity contribution in [3.63, 3.8) is 0 Å². The molecule has 0 aliphatic carbocycles. The number of halogens is 1. The molecule has 0 radical (unpaired) electrons. The molecule has 0 aliphatic heterocycles. The molecule has 2 aromatic rings. The largest absolute Gasteiger partial charge is 0.478 e. The Bertz CT molecular complexity index is 608. The van der Waals surface area contributed by atoms with Gasteiger partial charge in [0.05, 0.1) is 0 Å². The fraction of sp³-hybridized carbons (Fsp3) is 0. The fourth-order valence-electron chi connectivity index (χ4n) is 1.49. The minimum Gasteiger partial charge on any atom is -0.478 e. The molecule has 0 saturated carbocycles. The highest BCUT2D eigenvalue weighted by molar-refractivity contribution is 6.08. The van der Waals surface area contributed by atoms with E-state index in [1.807, 2.05) is 60.7 Å². The average Bonchev–Trinajstić information content (AvgIpc) is 2.54. The third kappa shape index (κ3) is 7.91.